The number of benzene rings is 1. The molecule has 0 aliphatic rings. The molecule has 1 rings (SSSR count). The molecule has 0 atom stereocenters. The van der Waals surface area contributed by atoms with Gasteiger partial charge in [-0.3, -0.25) is 4.79 Å². The molecule has 0 radical (unpaired) electrons. The van der Waals surface area contributed by atoms with E-state index in [1.807, 2.05) is 0 Å². The Morgan fingerprint density at radius 2 is 2.27 bits per heavy atom. The molecule has 0 spiro atoms. The summed E-state index contributed by atoms with van der Waals surface area (Å²) in [5.41, 5.74) is 0.933. The second-order valence-corrected chi connectivity index (χ2v) is 2.66. The molecule has 0 aromatic heterocycles. The average molecular weight is 217 g/mol. The molecule has 0 saturated heterocycles. The molecule has 0 unspecified atom stereocenters. The van der Waals surface area contributed by atoms with Crippen molar-refractivity contribution >= 4 is 22.2 Å². The van der Waals surface area contributed by atoms with E-state index in [1.165, 1.54) is 6.07 Å². The first-order valence-corrected chi connectivity index (χ1v) is 4.19. The number of halogens is 2. The highest BCUT2D eigenvalue weighted by Gasteiger charge is 2.00. The lowest BCUT2D eigenvalue weighted by Gasteiger charge is -1.97. The van der Waals surface area contributed by atoms with Crippen molar-refractivity contribution in [3.63, 3.8) is 0 Å². The second kappa shape index (κ2) is 3.62. The Labute approximate surface area is 72.4 Å². The van der Waals surface area contributed by atoms with Gasteiger partial charge in [0.15, 0.2) is 0 Å². The van der Waals surface area contributed by atoms with E-state index in [2.05, 4.69) is 15.9 Å². The van der Waals surface area contributed by atoms with Crippen molar-refractivity contribution in [3.8, 4) is 0 Å². The fourth-order valence-electron chi connectivity index (χ4n) is 0.745. The summed E-state index contributed by atoms with van der Waals surface area (Å²) in [5.74, 6) is -0.341. The van der Waals surface area contributed by atoms with Crippen molar-refractivity contribution in [3.05, 3.63) is 35.1 Å². The molecule has 0 fully saturated rings. The van der Waals surface area contributed by atoms with E-state index in [4.69, 9.17) is 0 Å². The lowest BCUT2D eigenvalue weighted by atomic mass is 10.1. The minimum atomic E-state index is -0.341. The van der Waals surface area contributed by atoms with Crippen molar-refractivity contribution in [1.29, 1.82) is 0 Å². The number of rotatable bonds is 2. The Bertz CT molecular complexity index is 273. The molecular weight excluding hydrogens is 211 g/mol. The molecule has 0 N–H and O–H groups in total. The maximum Gasteiger partial charge on any atom is 0.150 e. The highest BCUT2D eigenvalue weighted by atomic mass is 79.9. The highest BCUT2D eigenvalue weighted by Crippen LogP contribution is 2.12. The summed E-state index contributed by atoms with van der Waals surface area (Å²) in [7, 11) is 0. The third-order valence-electron chi connectivity index (χ3n) is 1.36. The predicted molar refractivity (Wildman–Crippen MR) is 44.4 cm³/mol. The smallest absolute Gasteiger partial charge is 0.150 e. The third-order valence-corrected chi connectivity index (χ3v) is 1.96. The van der Waals surface area contributed by atoms with Crippen molar-refractivity contribution in [1.82, 2.24) is 0 Å². The number of hydrogen-bond acceptors (Lipinski definition) is 1. The minimum Gasteiger partial charge on any atom is -0.298 e. The van der Waals surface area contributed by atoms with Crippen LogP contribution < -0.4 is 0 Å². The highest BCUT2D eigenvalue weighted by molar-refractivity contribution is 9.08. The van der Waals surface area contributed by atoms with Gasteiger partial charge in [0.1, 0.15) is 12.1 Å². The van der Waals surface area contributed by atoms with Crippen LogP contribution in [0.2, 0.25) is 0 Å². The first-order chi connectivity index (χ1) is 5.27. The van der Waals surface area contributed by atoms with E-state index in [0.29, 0.717) is 22.7 Å². The van der Waals surface area contributed by atoms with Gasteiger partial charge in [0.05, 0.1) is 0 Å². The monoisotopic (exact) mass is 216 g/mol. The maximum atomic E-state index is 12.8. The van der Waals surface area contributed by atoms with Crippen molar-refractivity contribution in [2.75, 3.05) is 0 Å². The predicted octanol–water partition coefficient (Wildman–Crippen LogP) is 2.53. The van der Waals surface area contributed by atoms with Crippen LogP contribution in [0, 0.1) is 5.82 Å². The van der Waals surface area contributed by atoms with E-state index in [9.17, 15) is 9.18 Å². The molecule has 1 aromatic carbocycles. The summed E-state index contributed by atoms with van der Waals surface area (Å²) in [6, 6.07) is 4.41. The maximum absolute atomic E-state index is 12.8. The minimum absolute atomic E-state index is 0.341. The van der Waals surface area contributed by atoms with Gasteiger partial charge in [-0.1, -0.05) is 28.1 Å². The van der Waals surface area contributed by atoms with Crippen LogP contribution in [0.3, 0.4) is 0 Å². The van der Waals surface area contributed by atoms with Crippen LogP contribution in [0.1, 0.15) is 15.9 Å². The molecule has 0 saturated carbocycles. The summed E-state index contributed by atoms with van der Waals surface area (Å²) in [4.78, 5) is 10.2. The standard InChI is InChI=1S/C8H6BrFO/c9-4-7-2-1-6(5-11)3-8(7)10/h1-3,5H,4H2. The lowest BCUT2D eigenvalue weighted by molar-refractivity contribution is 0.112. The summed E-state index contributed by atoms with van der Waals surface area (Å²) in [5, 5.41) is 0.470. The van der Waals surface area contributed by atoms with Crippen LogP contribution in [0.15, 0.2) is 18.2 Å². The van der Waals surface area contributed by atoms with Crippen molar-refractivity contribution < 1.29 is 9.18 Å². The van der Waals surface area contributed by atoms with E-state index in [1.54, 1.807) is 12.1 Å². The van der Waals surface area contributed by atoms with Gasteiger partial charge in [-0.2, -0.15) is 0 Å². The molecule has 3 heteroatoms. The zero-order chi connectivity index (χ0) is 8.27. The van der Waals surface area contributed by atoms with Crippen LogP contribution >= 0.6 is 15.9 Å². The van der Waals surface area contributed by atoms with Gasteiger partial charge in [0, 0.05) is 10.9 Å². The number of alkyl halides is 1. The van der Waals surface area contributed by atoms with Crippen LogP contribution in [0.4, 0.5) is 4.39 Å². The fourth-order valence-corrected chi connectivity index (χ4v) is 1.20. The van der Waals surface area contributed by atoms with Crippen LogP contribution in [0.25, 0.3) is 0 Å². The van der Waals surface area contributed by atoms with E-state index in [-0.39, 0.29) is 5.82 Å². The van der Waals surface area contributed by atoms with Gasteiger partial charge in [0.2, 0.25) is 0 Å². The van der Waals surface area contributed by atoms with Gasteiger partial charge < -0.3 is 0 Å². The number of carbonyl (C=O) groups excluding carboxylic acids is 1. The van der Waals surface area contributed by atoms with Crippen LogP contribution in [-0.4, -0.2) is 6.29 Å². The Hall–Kier alpha value is -0.700. The number of hydrogen-bond donors (Lipinski definition) is 0. The third kappa shape index (κ3) is 1.87. The lowest BCUT2D eigenvalue weighted by Crippen LogP contribution is -1.88. The average Bonchev–Trinajstić information content (AvgIpc) is 2.04. The quantitative estimate of drug-likeness (QED) is 0.549. The fraction of sp³-hybridized carbons (Fsp3) is 0.125. The SMILES string of the molecule is O=Cc1ccc(CBr)c(F)c1. The molecule has 1 nitrogen and oxygen atoms in total. The van der Waals surface area contributed by atoms with Crippen LogP contribution in [-0.2, 0) is 5.33 Å². The molecule has 0 amide bonds. The normalized spacial score (nSPS) is 9.64. The van der Waals surface area contributed by atoms with Gasteiger partial charge in [0.25, 0.3) is 0 Å². The van der Waals surface area contributed by atoms with E-state index in [0.717, 1.165) is 0 Å². The molecule has 0 aliphatic carbocycles. The Morgan fingerprint density at radius 3 is 2.73 bits per heavy atom. The van der Waals surface area contributed by atoms with Gasteiger partial charge in [-0.25, -0.2) is 4.39 Å². The Balaban J connectivity index is 3.09. The molecule has 0 bridgehead atoms. The summed E-state index contributed by atoms with van der Waals surface area (Å²) in [6.07, 6.45) is 0.626. The second-order valence-electron chi connectivity index (χ2n) is 2.10. The van der Waals surface area contributed by atoms with Crippen LogP contribution in [0.5, 0.6) is 0 Å². The van der Waals surface area contributed by atoms with Gasteiger partial charge >= 0.3 is 0 Å². The summed E-state index contributed by atoms with van der Waals surface area (Å²) >= 11 is 3.13. The molecule has 0 aliphatic heterocycles. The van der Waals surface area contributed by atoms with Crippen molar-refractivity contribution in [2.24, 2.45) is 0 Å². The van der Waals surface area contributed by atoms with E-state index >= 15 is 0 Å². The first kappa shape index (κ1) is 8.40. The zero-order valence-electron chi connectivity index (χ0n) is 5.68. The number of aldehydes is 1. The molecule has 0 heterocycles. The van der Waals surface area contributed by atoms with Crippen molar-refractivity contribution in [2.45, 2.75) is 5.33 Å². The topological polar surface area (TPSA) is 17.1 Å². The molecule has 58 valence electrons. The van der Waals surface area contributed by atoms with E-state index < -0.39 is 0 Å². The molecule has 1 aromatic rings. The van der Waals surface area contributed by atoms with Gasteiger partial charge in [-0.05, 0) is 11.6 Å². The summed E-state index contributed by atoms with van der Waals surface area (Å²) < 4.78 is 12.8. The molecule has 11 heavy (non-hydrogen) atoms. The summed E-state index contributed by atoms with van der Waals surface area (Å²) in [6.45, 7) is 0. The number of carbonyl (C=O) groups is 1. The van der Waals surface area contributed by atoms with Gasteiger partial charge in [-0.15, -0.1) is 0 Å². The Morgan fingerprint density at radius 1 is 1.55 bits per heavy atom. The molecular formula is C8H6BrFO. The largest absolute Gasteiger partial charge is 0.298 e. The zero-order valence-corrected chi connectivity index (χ0v) is 7.27. The Kier molecular flexibility index (Phi) is 2.76. The first-order valence-electron chi connectivity index (χ1n) is 3.07.